The van der Waals surface area contributed by atoms with E-state index in [1.165, 1.54) is 4.57 Å². The first-order chi connectivity index (χ1) is 11.7. The molecule has 1 unspecified atom stereocenters. The minimum Gasteiger partial charge on any atom is -0.279 e. The number of fused-ring (bicyclic) bond motifs is 1. The second-order valence-electron chi connectivity index (χ2n) is 5.76. The van der Waals surface area contributed by atoms with Crippen LogP contribution in [0, 0.1) is 0 Å². The normalized spacial score (nSPS) is 18.6. The van der Waals surface area contributed by atoms with E-state index in [0.29, 0.717) is 31.6 Å². The summed E-state index contributed by atoms with van der Waals surface area (Å²) < 4.78 is 66.4. The molecular weight excluding hydrogens is 361 g/mol. The molecule has 0 aliphatic carbocycles. The molecule has 1 aliphatic heterocycles. The van der Waals surface area contributed by atoms with Crippen LogP contribution in [0.5, 0.6) is 0 Å². The van der Waals surface area contributed by atoms with Crippen molar-refractivity contribution in [2.24, 2.45) is 0 Å². The van der Waals surface area contributed by atoms with Crippen LogP contribution in [0.2, 0.25) is 0 Å². The molecule has 136 valence electrons. The Balaban J connectivity index is 1.73. The maximum absolute atomic E-state index is 12.6. The summed E-state index contributed by atoms with van der Waals surface area (Å²) in [6.45, 7) is 0.310. The van der Waals surface area contributed by atoms with Crippen LogP contribution in [0.4, 0.5) is 13.2 Å². The Labute approximate surface area is 140 Å². The molecule has 0 radical (unpaired) electrons. The monoisotopic (exact) mass is 376 g/mol. The molecule has 1 aromatic carbocycles. The van der Waals surface area contributed by atoms with Crippen LogP contribution in [-0.2, 0) is 29.2 Å². The third-order valence-electron chi connectivity index (χ3n) is 4.07. The van der Waals surface area contributed by atoms with Crippen LogP contribution in [0.3, 0.4) is 0 Å². The number of nitrogens with zero attached hydrogens (tertiary/aromatic N) is 2. The number of benzene rings is 1. The second-order valence-corrected chi connectivity index (χ2v) is 7.48. The van der Waals surface area contributed by atoms with Gasteiger partial charge >= 0.3 is 11.9 Å². The summed E-state index contributed by atoms with van der Waals surface area (Å²) in [5.74, 6) is 0.557. The van der Waals surface area contributed by atoms with E-state index < -0.39 is 27.8 Å². The third kappa shape index (κ3) is 3.76. The molecule has 11 heteroatoms. The Morgan fingerprint density at radius 2 is 1.88 bits per heavy atom. The van der Waals surface area contributed by atoms with Crippen LogP contribution in [0.1, 0.15) is 24.2 Å². The number of aromatic amines is 1. The highest BCUT2D eigenvalue weighted by molar-refractivity contribution is 7.89. The van der Waals surface area contributed by atoms with Crippen molar-refractivity contribution in [3.8, 4) is 0 Å². The maximum atomic E-state index is 12.6. The zero-order valence-corrected chi connectivity index (χ0v) is 13.7. The van der Waals surface area contributed by atoms with E-state index in [-0.39, 0.29) is 10.6 Å². The van der Waals surface area contributed by atoms with Gasteiger partial charge in [0.05, 0.1) is 10.5 Å². The van der Waals surface area contributed by atoms with Gasteiger partial charge in [-0.2, -0.15) is 18.3 Å². The Morgan fingerprint density at radius 1 is 1.20 bits per heavy atom. The lowest BCUT2D eigenvalue weighted by Crippen LogP contribution is -2.35. The lowest BCUT2D eigenvalue weighted by atomic mass is 10.1. The zero-order chi connectivity index (χ0) is 18.2. The van der Waals surface area contributed by atoms with Crippen LogP contribution >= 0.6 is 0 Å². The molecule has 2 heterocycles. The smallest absolute Gasteiger partial charge is 0.279 e. The molecule has 1 atom stereocenters. The van der Waals surface area contributed by atoms with Crippen molar-refractivity contribution in [2.75, 3.05) is 0 Å². The number of rotatable bonds is 3. The quantitative estimate of drug-likeness (QED) is 0.843. The molecule has 0 spiro atoms. The van der Waals surface area contributed by atoms with Gasteiger partial charge < -0.3 is 0 Å². The predicted octanol–water partition coefficient (Wildman–Crippen LogP) is 1.27. The van der Waals surface area contributed by atoms with E-state index in [1.807, 2.05) is 0 Å². The Hall–Kier alpha value is -2.14. The topological polar surface area (TPSA) is 96.8 Å². The predicted molar refractivity (Wildman–Crippen MR) is 81.3 cm³/mol. The molecular formula is C14H15F3N4O3S. The lowest BCUT2D eigenvalue weighted by Gasteiger charge is -2.16. The van der Waals surface area contributed by atoms with E-state index in [1.54, 1.807) is 0 Å². The first-order valence-corrected chi connectivity index (χ1v) is 8.99. The van der Waals surface area contributed by atoms with Gasteiger partial charge in [0.2, 0.25) is 10.0 Å². The lowest BCUT2D eigenvalue weighted by molar-refractivity contribution is -0.137. The van der Waals surface area contributed by atoms with Crippen molar-refractivity contribution in [1.82, 2.24) is 19.5 Å². The Kier molecular flexibility index (Phi) is 4.45. The van der Waals surface area contributed by atoms with Crippen LogP contribution in [0.15, 0.2) is 34.0 Å². The van der Waals surface area contributed by atoms with Gasteiger partial charge in [0.25, 0.3) is 0 Å². The van der Waals surface area contributed by atoms with Crippen molar-refractivity contribution >= 4 is 10.0 Å². The molecule has 7 nitrogen and oxygen atoms in total. The van der Waals surface area contributed by atoms with Crippen LogP contribution in [0.25, 0.3) is 0 Å². The fourth-order valence-electron chi connectivity index (χ4n) is 2.73. The minimum absolute atomic E-state index is 0.236. The molecule has 0 saturated heterocycles. The van der Waals surface area contributed by atoms with E-state index >= 15 is 0 Å². The average Bonchev–Trinajstić information content (AvgIpc) is 2.76. The largest absolute Gasteiger partial charge is 0.416 e. The molecule has 0 bridgehead atoms. The summed E-state index contributed by atoms with van der Waals surface area (Å²) in [7, 11) is -3.95. The summed E-state index contributed by atoms with van der Waals surface area (Å²) in [6.07, 6.45) is -3.29. The minimum atomic E-state index is -4.52. The average molecular weight is 376 g/mol. The van der Waals surface area contributed by atoms with Crippen LogP contribution in [-0.4, -0.2) is 29.2 Å². The SMILES string of the molecule is O=c1[nH]nc2n1CCC(NS(=O)(=O)c1ccc(C(F)(F)F)cc1)CC2. The third-order valence-corrected chi connectivity index (χ3v) is 5.61. The summed E-state index contributed by atoms with van der Waals surface area (Å²) in [5.41, 5.74) is -1.26. The van der Waals surface area contributed by atoms with Gasteiger partial charge in [0.1, 0.15) is 5.82 Å². The highest BCUT2D eigenvalue weighted by Gasteiger charge is 2.31. The fourth-order valence-corrected chi connectivity index (χ4v) is 4.04. The van der Waals surface area contributed by atoms with Gasteiger partial charge in [-0.15, -0.1) is 0 Å². The highest BCUT2D eigenvalue weighted by Crippen LogP contribution is 2.29. The van der Waals surface area contributed by atoms with E-state index in [0.717, 1.165) is 24.3 Å². The number of hydrogen-bond donors (Lipinski definition) is 2. The van der Waals surface area contributed by atoms with Crippen LogP contribution < -0.4 is 10.4 Å². The number of H-pyrrole nitrogens is 1. The standard InChI is InChI=1S/C14H15F3N4O3S/c15-14(16,17)9-1-4-11(5-2-9)25(23,24)20-10-3-6-12-18-19-13(22)21(12)8-7-10/h1-2,4-5,10,20H,3,6-8H2,(H,19,22). The van der Waals surface area contributed by atoms with Gasteiger partial charge in [0, 0.05) is 19.0 Å². The number of halogens is 3. The number of aromatic nitrogens is 3. The summed E-state index contributed by atoms with van der Waals surface area (Å²) >= 11 is 0. The first-order valence-electron chi connectivity index (χ1n) is 7.50. The molecule has 1 aromatic heterocycles. The van der Waals surface area contributed by atoms with E-state index in [4.69, 9.17) is 0 Å². The second kappa shape index (κ2) is 6.30. The highest BCUT2D eigenvalue weighted by atomic mass is 32.2. The summed E-state index contributed by atoms with van der Waals surface area (Å²) in [6, 6.07) is 2.89. The molecule has 0 saturated carbocycles. The summed E-state index contributed by atoms with van der Waals surface area (Å²) in [4.78, 5) is 11.3. The van der Waals surface area contributed by atoms with Crippen molar-refractivity contribution < 1.29 is 21.6 Å². The fraction of sp³-hybridized carbons (Fsp3) is 0.429. The number of nitrogens with one attached hydrogen (secondary N) is 2. The zero-order valence-electron chi connectivity index (χ0n) is 12.9. The van der Waals surface area contributed by atoms with Crippen molar-refractivity contribution in [3.05, 3.63) is 46.1 Å². The molecule has 0 fully saturated rings. The molecule has 1 aliphatic rings. The first kappa shape index (κ1) is 17.7. The van der Waals surface area contributed by atoms with Gasteiger partial charge in [-0.05, 0) is 37.1 Å². The van der Waals surface area contributed by atoms with Gasteiger partial charge in [-0.25, -0.2) is 23.0 Å². The molecule has 2 aromatic rings. The van der Waals surface area contributed by atoms with Gasteiger partial charge in [0.15, 0.2) is 0 Å². The summed E-state index contributed by atoms with van der Waals surface area (Å²) in [5, 5.41) is 6.22. The van der Waals surface area contributed by atoms with Gasteiger partial charge in [-0.3, -0.25) is 4.57 Å². The Morgan fingerprint density at radius 3 is 2.52 bits per heavy atom. The molecule has 0 amide bonds. The maximum Gasteiger partial charge on any atom is 0.416 e. The van der Waals surface area contributed by atoms with Crippen molar-refractivity contribution in [2.45, 2.75) is 42.9 Å². The molecule has 3 rings (SSSR count). The number of alkyl halides is 3. The van der Waals surface area contributed by atoms with Crippen molar-refractivity contribution in [3.63, 3.8) is 0 Å². The van der Waals surface area contributed by atoms with E-state index in [9.17, 15) is 26.4 Å². The van der Waals surface area contributed by atoms with Gasteiger partial charge in [-0.1, -0.05) is 0 Å². The number of hydrogen-bond acceptors (Lipinski definition) is 4. The van der Waals surface area contributed by atoms with Crippen molar-refractivity contribution in [1.29, 1.82) is 0 Å². The Bertz CT molecular complexity index is 916. The number of aryl methyl sites for hydroxylation is 1. The number of sulfonamides is 1. The van der Waals surface area contributed by atoms with E-state index in [2.05, 4.69) is 14.9 Å². The molecule has 2 N–H and O–H groups in total. The molecule has 25 heavy (non-hydrogen) atoms.